The van der Waals surface area contributed by atoms with Gasteiger partial charge in [0.05, 0.1) is 5.69 Å². The topological polar surface area (TPSA) is 24.9 Å². The van der Waals surface area contributed by atoms with Gasteiger partial charge in [-0.1, -0.05) is 44.2 Å². The second kappa shape index (κ2) is 7.97. The van der Waals surface area contributed by atoms with E-state index in [4.69, 9.17) is 4.98 Å². The second-order valence-electron chi connectivity index (χ2n) is 5.19. The van der Waals surface area contributed by atoms with E-state index in [-0.39, 0.29) is 0 Å². The minimum atomic E-state index is 0.361. The van der Waals surface area contributed by atoms with E-state index in [9.17, 15) is 0 Å². The van der Waals surface area contributed by atoms with Gasteiger partial charge in [-0.25, -0.2) is 4.98 Å². The molecule has 2 nitrogen and oxygen atoms in total. The first-order valence-electron chi connectivity index (χ1n) is 7.48. The van der Waals surface area contributed by atoms with Gasteiger partial charge in [-0.15, -0.1) is 11.3 Å². The van der Waals surface area contributed by atoms with Gasteiger partial charge in [0.15, 0.2) is 0 Å². The molecule has 1 aromatic carbocycles. The Bertz CT molecular complexity index is 524. The average molecular weight is 321 g/mol. The SMILES string of the molecule is CCC(CC)(CNCc1nc(-c2ccccc2)cs1)SC. The largest absolute Gasteiger partial charge is 0.309 e. The van der Waals surface area contributed by atoms with Gasteiger partial charge in [0.25, 0.3) is 0 Å². The van der Waals surface area contributed by atoms with Crippen molar-refractivity contribution in [3.63, 3.8) is 0 Å². The molecule has 4 heteroatoms. The van der Waals surface area contributed by atoms with Crippen LogP contribution in [-0.4, -0.2) is 22.5 Å². The molecule has 0 bridgehead atoms. The van der Waals surface area contributed by atoms with Gasteiger partial charge in [-0.05, 0) is 19.1 Å². The van der Waals surface area contributed by atoms with Crippen molar-refractivity contribution in [2.24, 2.45) is 0 Å². The summed E-state index contributed by atoms with van der Waals surface area (Å²) in [6, 6.07) is 10.4. The van der Waals surface area contributed by atoms with E-state index in [0.717, 1.165) is 23.8 Å². The van der Waals surface area contributed by atoms with Crippen molar-refractivity contribution in [3.8, 4) is 11.3 Å². The van der Waals surface area contributed by atoms with Crippen LogP contribution in [0.4, 0.5) is 0 Å². The summed E-state index contributed by atoms with van der Waals surface area (Å²) in [6.07, 6.45) is 4.61. The summed E-state index contributed by atoms with van der Waals surface area (Å²) in [4.78, 5) is 4.73. The van der Waals surface area contributed by atoms with Crippen molar-refractivity contribution in [3.05, 3.63) is 40.7 Å². The average Bonchev–Trinajstić information content (AvgIpc) is 3.02. The highest BCUT2D eigenvalue weighted by Crippen LogP contribution is 2.29. The molecule has 0 saturated carbocycles. The van der Waals surface area contributed by atoms with Gasteiger partial charge in [-0.2, -0.15) is 11.8 Å². The summed E-state index contributed by atoms with van der Waals surface area (Å²) in [7, 11) is 0. The van der Waals surface area contributed by atoms with Crippen LogP contribution in [0.3, 0.4) is 0 Å². The smallest absolute Gasteiger partial charge is 0.107 e. The molecule has 1 aromatic heterocycles. The zero-order valence-corrected chi connectivity index (χ0v) is 14.7. The summed E-state index contributed by atoms with van der Waals surface area (Å²) in [6.45, 7) is 6.46. The predicted molar refractivity (Wildman–Crippen MR) is 96.1 cm³/mol. The predicted octanol–water partition coefficient (Wildman–Crippen LogP) is 4.82. The molecule has 0 aliphatic rings. The van der Waals surface area contributed by atoms with Crippen molar-refractivity contribution < 1.29 is 0 Å². The third-order valence-corrected chi connectivity index (χ3v) is 6.50. The minimum absolute atomic E-state index is 0.361. The zero-order chi connectivity index (χ0) is 15.1. The highest BCUT2D eigenvalue weighted by atomic mass is 32.2. The molecular formula is C17H24N2S2. The van der Waals surface area contributed by atoms with Crippen LogP contribution >= 0.6 is 23.1 Å². The molecule has 1 heterocycles. The minimum Gasteiger partial charge on any atom is -0.309 e. The molecule has 0 atom stereocenters. The summed E-state index contributed by atoms with van der Waals surface area (Å²) < 4.78 is 0.361. The number of hydrogen-bond acceptors (Lipinski definition) is 4. The standard InChI is InChI=1S/C17H24N2S2/c1-4-17(5-2,20-3)13-18-11-16-19-15(12-21-16)14-9-7-6-8-10-14/h6-10,12,18H,4-5,11,13H2,1-3H3. The summed E-state index contributed by atoms with van der Waals surface area (Å²) in [5.74, 6) is 0. The molecule has 0 spiro atoms. The van der Waals surface area contributed by atoms with E-state index < -0.39 is 0 Å². The molecule has 2 rings (SSSR count). The molecule has 2 aromatic rings. The number of aromatic nitrogens is 1. The number of benzene rings is 1. The van der Waals surface area contributed by atoms with E-state index in [1.807, 2.05) is 17.8 Å². The molecule has 1 N–H and O–H groups in total. The summed E-state index contributed by atoms with van der Waals surface area (Å²) >= 11 is 3.71. The van der Waals surface area contributed by atoms with Gasteiger partial charge in [0.2, 0.25) is 0 Å². The van der Waals surface area contributed by atoms with Crippen molar-refractivity contribution in [2.45, 2.75) is 38.0 Å². The van der Waals surface area contributed by atoms with Crippen LogP contribution in [0.2, 0.25) is 0 Å². The quantitative estimate of drug-likeness (QED) is 0.754. The van der Waals surface area contributed by atoms with Crippen molar-refractivity contribution in [1.29, 1.82) is 0 Å². The maximum Gasteiger partial charge on any atom is 0.107 e. The van der Waals surface area contributed by atoms with Crippen molar-refractivity contribution in [2.75, 3.05) is 12.8 Å². The number of nitrogens with one attached hydrogen (secondary N) is 1. The van der Waals surface area contributed by atoms with Gasteiger partial charge >= 0.3 is 0 Å². The maximum absolute atomic E-state index is 4.73. The molecule has 0 amide bonds. The highest BCUT2D eigenvalue weighted by Gasteiger charge is 2.24. The van der Waals surface area contributed by atoms with Crippen LogP contribution in [0.25, 0.3) is 11.3 Å². The normalized spacial score (nSPS) is 11.8. The zero-order valence-electron chi connectivity index (χ0n) is 13.1. The fourth-order valence-electron chi connectivity index (χ4n) is 2.39. The Kier molecular flexibility index (Phi) is 6.27. The van der Waals surface area contributed by atoms with Crippen LogP contribution in [0.15, 0.2) is 35.7 Å². The van der Waals surface area contributed by atoms with Crippen LogP contribution in [0.1, 0.15) is 31.7 Å². The molecular weight excluding hydrogens is 296 g/mol. The van der Waals surface area contributed by atoms with E-state index >= 15 is 0 Å². The van der Waals surface area contributed by atoms with Crippen LogP contribution in [0, 0.1) is 0 Å². The maximum atomic E-state index is 4.73. The number of thioether (sulfide) groups is 1. The van der Waals surface area contributed by atoms with Gasteiger partial charge in [0.1, 0.15) is 5.01 Å². The van der Waals surface area contributed by atoms with E-state index in [2.05, 4.69) is 55.1 Å². The molecule has 21 heavy (non-hydrogen) atoms. The van der Waals surface area contributed by atoms with Gasteiger partial charge in [-0.3, -0.25) is 0 Å². The number of nitrogens with zero attached hydrogens (tertiary/aromatic N) is 1. The second-order valence-corrected chi connectivity index (χ2v) is 7.41. The Morgan fingerprint density at radius 3 is 2.52 bits per heavy atom. The Morgan fingerprint density at radius 2 is 1.90 bits per heavy atom. The van der Waals surface area contributed by atoms with E-state index in [1.165, 1.54) is 18.4 Å². The fourth-order valence-corrected chi connectivity index (χ4v) is 3.99. The molecule has 0 aliphatic carbocycles. The van der Waals surface area contributed by atoms with Gasteiger partial charge < -0.3 is 5.32 Å². The lowest BCUT2D eigenvalue weighted by Crippen LogP contribution is -2.36. The first-order chi connectivity index (χ1) is 10.2. The van der Waals surface area contributed by atoms with Crippen LogP contribution in [0.5, 0.6) is 0 Å². The molecule has 0 fully saturated rings. The first-order valence-corrected chi connectivity index (χ1v) is 9.59. The number of rotatable bonds is 8. The first kappa shape index (κ1) is 16.5. The molecule has 0 aliphatic heterocycles. The Balaban J connectivity index is 1.92. The fraction of sp³-hybridized carbons (Fsp3) is 0.471. The summed E-state index contributed by atoms with van der Waals surface area (Å²) in [5.41, 5.74) is 2.28. The molecule has 0 saturated heterocycles. The Hall–Kier alpha value is -0.840. The lowest BCUT2D eigenvalue weighted by molar-refractivity contribution is 0.494. The van der Waals surface area contributed by atoms with Crippen molar-refractivity contribution >= 4 is 23.1 Å². The summed E-state index contributed by atoms with van der Waals surface area (Å²) in [5, 5.41) is 6.90. The van der Waals surface area contributed by atoms with Crippen LogP contribution < -0.4 is 5.32 Å². The molecule has 0 radical (unpaired) electrons. The number of hydrogen-bond donors (Lipinski definition) is 1. The monoisotopic (exact) mass is 320 g/mol. The highest BCUT2D eigenvalue weighted by molar-refractivity contribution is 8.00. The number of thiazole rings is 1. The third-order valence-electron chi connectivity index (χ3n) is 4.07. The molecule has 0 unspecified atom stereocenters. The van der Waals surface area contributed by atoms with Crippen LogP contribution in [-0.2, 0) is 6.54 Å². The molecule has 114 valence electrons. The lowest BCUT2D eigenvalue weighted by atomic mass is 10.0. The van der Waals surface area contributed by atoms with Gasteiger partial charge in [0, 0.05) is 28.8 Å². The van der Waals surface area contributed by atoms with E-state index in [0.29, 0.717) is 4.75 Å². The Morgan fingerprint density at radius 1 is 1.19 bits per heavy atom. The van der Waals surface area contributed by atoms with Crippen molar-refractivity contribution in [1.82, 2.24) is 10.3 Å². The lowest BCUT2D eigenvalue weighted by Gasteiger charge is -2.29. The van der Waals surface area contributed by atoms with E-state index in [1.54, 1.807) is 11.3 Å². The Labute approximate surface area is 136 Å². The third kappa shape index (κ3) is 4.31.